The van der Waals surface area contributed by atoms with Crippen molar-refractivity contribution in [2.24, 2.45) is 0 Å². The monoisotopic (exact) mass is 498 g/mol. The van der Waals surface area contributed by atoms with E-state index < -0.39 is 10.0 Å². The number of ether oxygens (including phenoxy) is 4. The number of piperazine rings is 1. The first-order chi connectivity index (χ1) is 14.4. The summed E-state index contributed by atoms with van der Waals surface area (Å²) in [6.45, 7) is 3.07. The molecule has 4 rings (SSSR count). The molecule has 1 fully saturated rings. The van der Waals surface area contributed by atoms with E-state index in [0.29, 0.717) is 42.2 Å². The molecule has 0 aliphatic carbocycles. The summed E-state index contributed by atoms with van der Waals surface area (Å²) >= 11 is 3.36. The third-order valence-electron chi connectivity index (χ3n) is 5.23. The smallest absolute Gasteiger partial charge is 0.244 e. The van der Waals surface area contributed by atoms with Gasteiger partial charge in [0.15, 0.2) is 23.0 Å². The number of hydrogen-bond acceptors (Lipinski definition) is 7. The first kappa shape index (κ1) is 21.2. The van der Waals surface area contributed by atoms with Gasteiger partial charge in [-0.3, -0.25) is 4.90 Å². The average Bonchev–Trinajstić information content (AvgIpc) is 3.21. The van der Waals surface area contributed by atoms with Crippen molar-refractivity contribution in [1.29, 1.82) is 0 Å². The summed E-state index contributed by atoms with van der Waals surface area (Å²) in [6, 6.07) is 9.01. The number of fused-ring (bicyclic) bond motifs is 1. The number of methoxy groups -OCH3 is 2. The highest BCUT2D eigenvalue weighted by Crippen LogP contribution is 2.37. The standard InChI is InChI=1S/C20H23BrN2O6S/c1-26-17-10-15(21)20(11-18(17)27-2)30(24,25)23-7-5-22(6-8-23)12-14-3-4-16-19(9-14)29-13-28-16/h3-4,9-11H,5-8,12-13H2,1-2H3. The lowest BCUT2D eigenvalue weighted by Gasteiger charge is -2.34. The van der Waals surface area contributed by atoms with Gasteiger partial charge in [0.2, 0.25) is 16.8 Å². The molecule has 162 valence electrons. The summed E-state index contributed by atoms with van der Waals surface area (Å²) in [5.74, 6) is 2.36. The van der Waals surface area contributed by atoms with Gasteiger partial charge in [-0.2, -0.15) is 4.31 Å². The Bertz CT molecular complexity index is 1040. The minimum Gasteiger partial charge on any atom is -0.493 e. The van der Waals surface area contributed by atoms with Crippen LogP contribution < -0.4 is 18.9 Å². The summed E-state index contributed by atoms with van der Waals surface area (Å²) in [7, 11) is -0.672. The van der Waals surface area contributed by atoms with Crippen molar-refractivity contribution in [1.82, 2.24) is 9.21 Å². The molecule has 2 heterocycles. The predicted octanol–water partition coefficient (Wildman–Crippen LogP) is 2.70. The van der Waals surface area contributed by atoms with Gasteiger partial charge in [0, 0.05) is 43.3 Å². The number of halogens is 1. The normalized spacial score (nSPS) is 17.2. The van der Waals surface area contributed by atoms with Crippen LogP contribution in [0.25, 0.3) is 0 Å². The van der Waals surface area contributed by atoms with Crippen LogP contribution in [0, 0.1) is 0 Å². The van der Waals surface area contributed by atoms with Crippen molar-refractivity contribution in [2.75, 3.05) is 47.2 Å². The first-order valence-corrected chi connectivity index (χ1v) is 11.7. The van der Waals surface area contributed by atoms with Gasteiger partial charge in [-0.15, -0.1) is 0 Å². The molecule has 0 unspecified atom stereocenters. The van der Waals surface area contributed by atoms with Crippen LogP contribution in [-0.2, 0) is 16.6 Å². The number of nitrogens with zero attached hydrogens (tertiary/aromatic N) is 2. The molecule has 0 bridgehead atoms. The Kier molecular flexibility index (Phi) is 6.10. The van der Waals surface area contributed by atoms with Crippen LogP contribution in [0.15, 0.2) is 39.7 Å². The summed E-state index contributed by atoms with van der Waals surface area (Å²) in [5, 5.41) is 0. The fourth-order valence-corrected chi connectivity index (χ4v) is 6.02. The Morgan fingerprint density at radius 3 is 2.33 bits per heavy atom. The average molecular weight is 499 g/mol. The molecule has 0 spiro atoms. The Morgan fingerprint density at radius 1 is 0.967 bits per heavy atom. The Hall–Kier alpha value is -2.01. The van der Waals surface area contributed by atoms with Gasteiger partial charge in [-0.1, -0.05) is 6.07 Å². The van der Waals surface area contributed by atoms with Gasteiger partial charge in [0.05, 0.1) is 14.2 Å². The van der Waals surface area contributed by atoms with Crippen LogP contribution in [0.3, 0.4) is 0 Å². The molecular weight excluding hydrogens is 476 g/mol. The molecule has 1 saturated heterocycles. The maximum absolute atomic E-state index is 13.2. The molecule has 2 aromatic carbocycles. The Morgan fingerprint density at radius 2 is 1.63 bits per heavy atom. The lowest BCUT2D eigenvalue weighted by Crippen LogP contribution is -2.48. The zero-order chi connectivity index (χ0) is 21.3. The van der Waals surface area contributed by atoms with E-state index >= 15 is 0 Å². The van der Waals surface area contributed by atoms with Crippen LogP contribution in [0.1, 0.15) is 5.56 Å². The molecule has 8 nitrogen and oxygen atoms in total. The van der Waals surface area contributed by atoms with Crippen molar-refractivity contribution in [3.8, 4) is 23.0 Å². The lowest BCUT2D eigenvalue weighted by atomic mass is 10.2. The van der Waals surface area contributed by atoms with Gasteiger partial charge in [0.25, 0.3) is 0 Å². The molecule has 0 aromatic heterocycles. The van der Waals surface area contributed by atoms with Crippen molar-refractivity contribution in [2.45, 2.75) is 11.4 Å². The minimum atomic E-state index is -3.67. The second kappa shape index (κ2) is 8.62. The van der Waals surface area contributed by atoms with E-state index in [-0.39, 0.29) is 11.7 Å². The molecule has 0 atom stereocenters. The SMILES string of the molecule is COc1cc(Br)c(S(=O)(=O)N2CCN(Cc3ccc4c(c3)OCO4)CC2)cc1OC. The summed E-state index contributed by atoms with van der Waals surface area (Å²) in [5.41, 5.74) is 1.11. The van der Waals surface area contributed by atoms with Crippen molar-refractivity contribution in [3.05, 3.63) is 40.4 Å². The van der Waals surface area contributed by atoms with E-state index in [9.17, 15) is 8.42 Å². The molecule has 2 aliphatic heterocycles. The second-order valence-corrected chi connectivity index (χ2v) is 9.77. The van der Waals surface area contributed by atoms with Crippen LogP contribution in [0.5, 0.6) is 23.0 Å². The number of hydrogen-bond donors (Lipinski definition) is 0. The van der Waals surface area contributed by atoms with Gasteiger partial charge in [-0.05, 0) is 39.7 Å². The topological polar surface area (TPSA) is 77.5 Å². The predicted molar refractivity (Wildman–Crippen MR) is 114 cm³/mol. The van der Waals surface area contributed by atoms with E-state index in [1.165, 1.54) is 24.6 Å². The van der Waals surface area contributed by atoms with E-state index in [1.807, 2.05) is 18.2 Å². The van der Waals surface area contributed by atoms with Gasteiger partial charge < -0.3 is 18.9 Å². The van der Waals surface area contributed by atoms with E-state index in [2.05, 4.69) is 20.8 Å². The Labute approximate surface area is 184 Å². The number of benzene rings is 2. The largest absolute Gasteiger partial charge is 0.493 e. The minimum absolute atomic E-state index is 0.171. The summed E-state index contributed by atoms with van der Waals surface area (Å²) < 4.78 is 49.7. The zero-order valence-electron chi connectivity index (χ0n) is 16.8. The highest BCUT2D eigenvalue weighted by molar-refractivity contribution is 9.10. The van der Waals surface area contributed by atoms with E-state index in [4.69, 9.17) is 18.9 Å². The molecule has 0 N–H and O–H groups in total. The summed E-state index contributed by atoms with van der Waals surface area (Å²) in [4.78, 5) is 2.40. The molecule has 30 heavy (non-hydrogen) atoms. The maximum Gasteiger partial charge on any atom is 0.244 e. The third-order valence-corrected chi connectivity index (χ3v) is 8.09. The quantitative estimate of drug-likeness (QED) is 0.605. The van der Waals surface area contributed by atoms with Crippen LogP contribution in [0.4, 0.5) is 0 Å². The van der Waals surface area contributed by atoms with Crippen molar-refractivity contribution < 1.29 is 27.4 Å². The molecular formula is C20H23BrN2O6S. The van der Waals surface area contributed by atoms with Crippen LogP contribution >= 0.6 is 15.9 Å². The second-order valence-electron chi connectivity index (χ2n) is 7.01. The maximum atomic E-state index is 13.2. The molecule has 0 radical (unpaired) electrons. The third kappa shape index (κ3) is 4.09. The van der Waals surface area contributed by atoms with Gasteiger partial charge in [-0.25, -0.2) is 8.42 Å². The summed E-state index contributed by atoms with van der Waals surface area (Å²) in [6.07, 6.45) is 0. The van der Waals surface area contributed by atoms with Gasteiger partial charge in [0.1, 0.15) is 4.90 Å². The molecule has 0 amide bonds. The molecule has 10 heteroatoms. The van der Waals surface area contributed by atoms with Crippen LogP contribution in [0.2, 0.25) is 0 Å². The fourth-order valence-electron chi connectivity index (χ4n) is 3.60. The Balaban J connectivity index is 1.44. The van der Waals surface area contributed by atoms with E-state index in [1.54, 1.807) is 6.07 Å². The molecule has 2 aromatic rings. The number of sulfonamides is 1. The zero-order valence-corrected chi connectivity index (χ0v) is 19.2. The highest BCUT2D eigenvalue weighted by atomic mass is 79.9. The highest BCUT2D eigenvalue weighted by Gasteiger charge is 2.31. The first-order valence-electron chi connectivity index (χ1n) is 9.45. The molecule has 2 aliphatic rings. The van der Waals surface area contributed by atoms with Crippen molar-refractivity contribution in [3.63, 3.8) is 0 Å². The lowest BCUT2D eigenvalue weighted by molar-refractivity contribution is 0.173. The van der Waals surface area contributed by atoms with Crippen LogP contribution in [-0.4, -0.2) is 64.8 Å². The number of rotatable bonds is 6. The van der Waals surface area contributed by atoms with Crippen molar-refractivity contribution >= 4 is 26.0 Å². The molecule has 0 saturated carbocycles. The fraction of sp³-hybridized carbons (Fsp3) is 0.400. The van der Waals surface area contributed by atoms with Gasteiger partial charge >= 0.3 is 0 Å². The van der Waals surface area contributed by atoms with E-state index in [0.717, 1.165) is 23.6 Å².